The Bertz CT molecular complexity index is 184. The molecule has 2 N–H and O–H groups in total. The molecule has 0 heterocycles. The molecule has 0 spiro atoms. The summed E-state index contributed by atoms with van der Waals surface area (Å²) in [5.41, 5.74) is 6.92. The molecular formula is C8H10IN. The van der Waals surface area contributed by atoms with Crippen LogP contribution >= 0.6 is 22.6 Å². The van der Waals surface area contributed by atoms with Gasteiger partial charge in [0.1, 0.15) is 0 Å². The van der Waals surface area contributed by atoms with Gasteiger partial charge in [0.05, 0.1) is 4.05 Å². The Morgan fingerprint density at radius 3 is 2.40 bits per heavy atom. The Morgan fingerprint density at radius 2 is 1.90 bits per heavy atom. The zero-order valence-electron chi connectivity index (χ0n) is 5.63. The van der Waals surface area contributed by atoms with Crippen LogP contribution in [0.2, 0.25) is 0 Å². The SMILES string of the molecule is N[C@@H](I)Cc1ccccc1. The zero-order valence-corrected chi connectivity index (χ0v) is 7.78. The number of hydrogen-bond donors (Lipinski definition) is 1. The van der Waals surface area contributed by atoms with Crippen molar-refractivity contribution in [2.75, 3.05) is 0 Å². The van der Waals surface area contributed by atoms with E-state index in [2.05, 4.69) is 34.7 Å². The first kappa shape index (κ1) is 8.01. The molecule has 0 bridgehead atoms. The molecule has 0 aliphatic heterocycles. The molecule has 1 aromatic carbocycles. The van der Waals surface area contributed by atoms with E-state index in [1.165, 1.54) is 5.56 Å². The topological polar surface area (TPSA) is 26.0 Å². The number of alkyl halides is 1. The third-order valence-corrected chi connectivity index (χ3v) is 1.71. The highest BCUT2D eigenvalue weighted by Gasteiger charge is 1.95. The fourth-order valence-electron chi connectivity index (χ4n) is 0.839. The molecule has 0 radical (unpaired) electrons. The predicted molar refractivity (Wildman–Crippen MR) is 52.1 cm³/mol. The largest absolute Gasteiger partial charge is 0.319 e. The predicted octanol–water partition coefficient (Wildman–Crippen LogP) is 1.95. The molecule has 1 atom stereocenters. The Kier molecular flexibility index (Phi) is 3.15. The second-order valence-electron chi connectivity index (χ2n) is 2.21. The van der Waals surface area contributed by atoms with E-state index in [0.29, 0.717) is 0 Å². The second kappa shape index (κ2) is 3.93. The first-order valence-corrected chi connectivity index (χ1v) is 4.47. The fourth-order valence-corrected chi connectivity index (χ4v) is 1.35. The summed E-state index contributed by atoms with van der Waals surface area (Å²) in [5.74, 6) is 0. The summed E-state index contributed by atoms with van der Waals surface area (Å²) in [6.07, 6.45) is 0.960. The van der Waals surface area contributed by atoms with Crippen molar-refractivity contribution < 1.29 is 0 Å². The van der Waals surface area contributed by atoms with Gasteiger partial charge >= 0.3 is 0 Å². The monoisotopic (exact) mass is 247 g/mol. The van der Waals surface area contributed by atoms with Gasteiger partial charge in [0.15, 0.2) is 0 Å². The first-order valence-electron chi connectivity index (χ1n) is 3.22. The van der Waals surface area contributed by atoms with Crippen LogP contribution in [0.4, 0.5) is 0 Å². The smallest absolute Gasteiger partial charge is 0.0609 e. The summed E-state index contributed by atoms with van der Waals surface area (Å²) in [6, 6.07) is 10.3. The van der Waals surface area contributed by atoms with Gasteiger partial charge in [0, 0.05) is 0 Å². The van der Waals surface area contributed by atoms with Crippen molar-refractivity contribution in [3.8, 4) is 0 Å². The van der Waals surface area contributed by atoms with Crippen molar-refractivity contribution in [2.24, 2.45) is 5.73 Å². The minimum absolute atomic E-state index is 0.236. The molecule has 0 amide bonds. The fraction of sp³-hybridized carbons (Fsp3) is 0.250. The number of nitrogens with two attached hydrogens (primary N) is 1. The van der Waals surface area contributed by atoms with E-state index >= 15 is 0 Å². The molecule has 0 aliphatic carbocycles. The van der Waals surface area contributed by atoms with Crippen molar-refractivity contribution in [1.29, 1.82) is 0 Å². The molecule has 0 fully saturated rings. The van der Waals surface area contributed by atoms with Crippen LogP contribution < -0.4 is 5.73 Å². The van der Waals surface area contributed by atoms with Crippen LogP contribution in [0.5, 0.6) is 0 Å². The highest BCUT2D eigenvalue weighted by Crippen LogP contribution is 2.04. The van der Waals surface area contributed by atoms with Crippen LogP contribution in [-0.2, 0) is 6.42 Å². The van der Waals surface area contributed by atoms with Crippen molar-refractivity contribution in [2.45, 2.75) is 10.5 Å². The Labute approximate surface area is 74.8 Å². The molecule has 1 rings (SSSR count). The summed E-state index contributed by atoms with van der Waals surface area (Å²) in [4.78, 5) is 0. The van der Waals surface area contributed by atoms with Crippen LogP contribution in [0.1, 0.15) is 5.56 Å². The maximum absolute atomic E-state index is 5.61. The number of hydrogen-bond acceptors (Lipinski definition) is 1. The summed E-state index contributed by atoms with van der Waals surface area (Å²) < 4.78 is 0.236. The van der Waals surface area contributed by atoms with Crippen LogP contribution in [0.3, 0.4) is 0 Å². The Balaban J connectivity index is 2.59. The van der Waals surface area contributed by atoms with E-state index in [0.717, 1.165) is 6.42 Å². The molecule has 2 heteroatoms. The van der Waals surface area contributed by atoms with Crippen molar-refractivity contribution >= 4 is 22.6 Å². The number of halogens is 1. The average molecular weight is 247 g/mol. The van der Waals surface area contributed by atoms with Gasteiger partial charge < -0.3 is 5.73 Å². The third-order valence-electron chi connectivity index (χ3n) is 1.27. The van der Waals surface area contributed by atoms with E-state index in [9.17, 15) is 0 Å². The van der Waals surface area contributed by atoms with Crippen molar-refractivity contribution in [3.05, 3.63) is 35.9 Å². The van der Waals surface area contributed by atoms with Crippen LogP contribution in [0, 0.1) is 0 Å². The molecule has 0 saturated carbocycles. The van der Waals surface area contributed by atoms with E-state index in [4.69, 9.17) is 5.73 Å². The minimum atomic E-state index is 0.236. The van der Waals surface area contributed by atoms with E-state index in [-0.39, 0.29) is 4.05 Å². The summed E-state index contributed by atoms with van der Waals surface area (Å²) in [5, 5.41) is 0. The molecular weight excluding hydrogens is 237 g/mol. The Morgan fingerprint density at radius 1 is 1.30 bits per heavy atom. The maximum atomic E-state index is 5.61. The molecule has 0 unspecified atom stereocenters. The molecule has 1 nitrogen and oxygen atoms in total. The molecule has 10 heavy (non-hydrogen) atoms. The Hall–Kier alpha value is -0.0900. The van der Waals surface area contributed by atoms with Gasteiger partial charge in [-0.3, -0.25) is 0 Å². The van der Waals surface area contributed by atoms with E-state index < -0.39 is 0 Å². The van der Waals surface area contributed by atoms with Gasteiger partial charge in [-0.1, -0.05) is 52.9 Å². The molecule has 0 aromatic heterocycles. The van der Waals surface area contributed by atoms with Gasteiger partial charge in [-0.25, -0.2) is 0 Å². The van der Waals surface area contributed by atoms with Crippen LogP contribution in [0.15, 0.2) is 30.3 Å². The summed E-state index contributed by atoms with van der Waals surface area (Å²) in [6.45, 7) is 0. The normalized spacial score (nSPS) is 13.0. The number of rotatable bonds is 2. The first-order chi connectivity index (χ1) is 4.79. The van der Waals surface area contributed by atoms with E-state index in [1.54, 1.807) is 0 Å². The van der Waals surface area contributed by atoms with E-state index in [1.807, 2.05) is 18.2 Å². The molecule has 54 valence electrons. The highest BCUT2D eigenvalue weighted by atomic mass is 127. The van der Waals surface area contributed by atoms with Gasteiger partial charge in [-0.2, -0.15) is 0 Å². The van der Waals surface area contributed by atoms with Crippen molar-refractivity contribution in [1.82, 2.24) is 0 Å². The highest BCUT2D eigenvalue weighted by molar-refractivity contribution is 14.1. The number of benzene rings is 1. The van der Waals surface area contributed by atoms with Gasteiger partial charge in [-0.05, 0) is 12.0 Å². The second-order valence-corrected chi connectivity index (χ2v) is 3.81. The molecule has 1 aromatic rings. The quantitative estimate of drug-likeness (QED) is 0.482. The van der Waals surface area contributed by atoms with Gasteiger partial charge in [0.25, 0.3) is 0 Å². The third kappa shape index (κ3) is 2.66. The lowest BCUT2D eigenvalue weighted by molar-refractivity contribution is 0.935. The summed E-state index contributed by atoms with van der Waals surface area (Å²) >= 11 is 2.22. The molecule has 0 saturated heterocycles. The molecule has 0 aliphatic rings. The van der Waals surface area contributed by atoms with Crippen LogP contribution in [-0.4, -0.2) is 4.05 Å². The van der Waals surface area contributed by atoms with Crippen LogP contribution in [0.25, 0.3) is 0 Å². The lowest BCUT2D eigenvalue weighted by Crippen LogP contribution is -2.13. The summed E-state index contributed by atoms with van der Waals surface area (Å²) in [7, 11) is 0. The van der Waals surface area contributed by atoms with Crippen molar-refractivity contribution in [3.63, 3.8) is 0 Å². The standard InChI is InChI=1S/C8H10IN/c9-8(10)6-7-4-2-1-3-5-7/h1-5,8H,6,10H2/t8-/m1/s1. The lowest BCUT2D eigenvalue weighted by Gasteiger charge is -2.01. The maximum Gasteiger partial charge on any atom is 0.0609 e. The van der Waals surface area contributed by atoms with Gasteiger partial charge in [0.2, 0.25) is 0 Å². The lowest BCUT2D eigenvalue weighted by atomic mass is 10.2. The minimum Gasteiger partial charge on any atom is -0.319 e. The average Bonchev–Trinajstić information content (AvgIpc) is 1.88. The zero-order chi connectivity index (χ0) is 7.40. The van der Waals surface area contributed by atoms with Gasteiger partial charge in [-0.15, -0.1) is 0 Å².